The molecule has 0 atom stereocenters. The number of carboxylic acid groups (broad SMARTS) is 1. The molecule has 10 heteroatoms. The van der Waals surface area contributed by atoms with Crippen LogP contribution < -0.4 is 5.32 Å². The third kappa shape index (κ3) is 4.61. The lowest BCUT2D eigenvalue weighted by Gasteiger charge is -2.15. The van der Waals surface area contributed by atoms with Gasteiger partial charge < -0.3 is 15.5 Å². The lowest BCUT2D eigenvalue weighted by molar-refractivity contribution is -0.126. The maximum atomic E-state index is 13.8. The Bertz CT molecular complexity index is 1070. The highest BCUT2D eigenvalue weighted by Gasteiger charge is 2.33. The van der Waals surface area contributed by atoms with Gasteiger partial charge in [-0.05, 0) is 30.3 Å². The molecule has 0 radical (unpaired) electrons. The smallest absolute Gasteiger partial charge is 0.337 e. The van der Waals surface area contributed by atoms with Crippen molar-refractivity contribution in [3.05, 3.63) is 64.3 Å². The van der Waals surface area contributed by atoms with Gasteiger partial charge in [0.1, 0.15) is 22.4 Å². The molecular formula is C19H13FN2O5S2. The summed E-state index contributed by atoms with van der Waals surface area (Å²) >= 11 is 6.08. The number of phenols is 1. The fraction of sp³-hybridized carbons (Fsp3) is 0.0526. The van der Waals surface area contributed by atoms with E-state index < -0.39 is 30.1 Å². The molecule has 7 nitrogen and oxygen atoms in total. The lowest BCUT2D eigenvalue weighted by Crippen LogP contribution is -2.36. The number of carbonyl (C=O) groups excluding carboxylic acids is 2. The number of carbonyl (C=O) groups is 3. The molecule has 0 spiro atoms. The van der Waals surface area contributed by atoms with E-state index in [0.717, 1.165) is 22.7 Å². The lowest BCUT2D eigenvalue weighted by atomic mass is 10.1. The normalized spacial score (nSPS) is 15.1. The molecule has 3 N–H and O–H groups in total. The monoisotopic (exact) mass is 432 g/mol. The second-order valence-electron chi connectivity index (χ2n) is 5.87. The van der Waals surface area contributed by atoms with E-state index in [4.69, 9.17) is 12.2 Å². The van der Waals surface area contributed by atoms with E-state index in [2.05, 4.69) is 5.32 Å². The standard InChI is InChI=1S/C19H13FN2O5S2/c20-13-4-2-1-3-10(13)7-15-17(25)22(19(28)29-15)9-16(24)21-14-6-5-11(23)8-12(14)18(26)27/h1-8,23H,9H2,(H,21,24)(H,26,27)/b15-7+. The van der Waals surface area contributed by atoms with Gasteiger partial charge >= 0.3 is 5.97 Å². The van der Waals surface area contributed by atoms with Gasteiger partial charge in [0.15, 0.2) is 0 Å². The Morgan fingerprint density at radius 2 is 1.97 bits per heavy atom. The molecular weight excluding hydrogens is 419 g/mol. The van der Waals surface area contributed by atoms with Crippen LogP contribution >= 0.6 is 24.0 Å². The highest BCUT2D eigenvalue weighted by Crippen LogP contribution is 2.33. The first kappa shape index (κ1) is 20.5. The minimum atomic E-state index is -1.34. The molecule has 0 aliphatic carbocycles. The van der Waals surface area contributed by atoms with Gasteiger partial charge in [-0.15, -0.1) is 0 Å². The van der Waals surface area contributed by atoms with Gasteiger partial charge in [0, 0.05) is 5.56 Å². The average molecular weight is 432 g/mol. The van der Waals surface area contributed by atoms with E-state index in [1.165, 1.54) is 36.4 Å². The second kappa shape index (κ2) is 8.41. The number of carboxylic acids is 1. The van der Waals surface area contributed by atoms with Gasteiger partial charge in [-0.2, -0.15) is 0 Å². The number of nitrogens with zero attached hydrogens (tertiary/aromatic N) is 1. The molecule has 29 heavy (non-hydrogen) atoms. The number of halogens is 1. The van der Waals surface area contributed by atoms with Crippen molar-refractivity contribution >= 4 is 57.8 Å². The van der Waals surface area contributed by atoms with Gasteiger partial charge in [0.2, 0.25) is 5.91 Å². The first-order chi connectivity index (χ1) is 13.8. The molecule has 0 aromatic heterocycles. The Morgan fingerprint density at radius 1 is 1.24 bits per heavy atom. The summed E-state index contributed by atoms with van der Waals surface area (Å²) in [6.45, 7) is -0.445. The van der Waals surface area contributed by atoms with Gasteiger partial charge in [-0.25, -0.2) is 9.18 Å². The van der Waals surface area contributed by atoms with Crippen molar-refractivity contribution in [1.82, 2.24) is 4.90 Å². The minimum absolute atomic E-state index is 0.0346. The van der Waals surface area contributed by atoms with Gasteiger partial charge in [-0.3, -0.25) is 14.5 Å². The number of thioether (sulfide) groups is 1. The highest BCUT2D eigenvalue weighted by atomic mass is 32.2. The number of amides is 2. The molecule has 1 fully saturated rings. The van der Waals surface area contributed by atoms with Crippen molar-refractivity contribution < 1.29 is 29.0 Å². The fourth-order valence-corrected chi connectivity index (χ4v) is 3.77. The SMILES string of the molecule is O=C(CN1C(=O)/C(=C\c2ccccc2F)SC1=S)Nc1ccc(O)cc1C(=O)O. The maximum absolute atomic E-state index is 13.8. The Labute approximate surface area is 173 Å². The number of hydrogen-bond acceptors (Lipinski definition) is 6. The molecule has 2 amide bonds. The predicted octanol–water partition coefficient (Wildman–Crippen LogP) is 3.07. The second-order valence-corrected chi connectivity index (χ2v) is 7.55. The number of aromatic carboxylic acids is 1. The number of anilines is 1. The first-order valence-electron chi connectivity index (χ1n) is 8.12. The number of rotatable bonds is 5. The van der Waals surface area contributed by atoms with Crippen molar-refractivity contribution in [3.63, 3.8) is 0 Å². The summed E-state index contributed by atoms with van der Waals surface area (Å²) in [5, 5.41) is 21.0. The number of aromatic hydroxyl groups is 1. The number of phenolic OH excluding ortho intramolecular Hbond substituents is 1. The zero-order valence-corrected chi connectivity index (χ0v) is 16.2. The molecule has 0 saturated carbocycles. The molecule has 0 unspecified atom stereocenters. The molecule has 148 valence electrons. The van der Waals surface area contributed by atoms with Crippen LogP contribution in [-0.4, -0.2) is 43.8 Å². The van der Waals surface area contributed by atoms with E-state index in [-0.39, 0.29) is 31.8 Å². The third-order valence-corrected chi connectivity index (χ3v) is 5.25. The van der Waals surface area contributed by atoms with Gasteiger partial charge in [0.25, 0.3) is 5.91 Å². The summed E-state index contributed by atoms with van der Waals surface area (Å²) in [6, 6.07) is 9.37. The summed E-state index contributed by atoms with van der Waals surface area (Å²) in [7, 11) is 0. The van der Waals surface area contributed by atoms with Crippen molar-refractivity contribution in [2.45, 2.75) is 0 Å². The predicted molar refractivity (Wildman–Crippen MR) is 110 cm³/mol. The number of thiocarbonyl (C=S) groups is 1. The Hall–Kier alpha value is -3.24. The van der Waals surface area contributed by atoms with Gasteiger partial charge in [-0.1, -0.05) is 42.2 Å². The van der Waals surface area contributed by atoms with Crippen LogP contribution in [0.15, 0.2) is 47.4 Å². The number of benzene rings is 2. The number of nitrogens with one attached hydrogen (secondary N) is 1. The van der Waals surface area contributed by atoms with E-state index in [1.807, 2.05) is 0 Å². The zero-order chi connectivity index (χ0) is 21.1. The molecule has 0 bridgehead atoms. The van der Waals surface area contributed by atoms with Crippen LogP contribution in [0, 0.1) is 5.82 Å². The molecule has 2 aromatic carbocycles. The summed E-state index contributed by atoms with van der Waals surface area (Å²) < 4.78 is 13.9. The molecule has 1 saturated heterocycles. The molecule has 1 aliphatic rings. The fourth-order valence-electron chi connectivity index (χ4n) is 2.52. The van der Waals surface area contributed by atoms with Crippen molar-refractivity contribution in [3.8, 4) is 5.75 Å². The van der Waals surface area contributed by atoms with Crippen molar-refractivity contribution in [1.29, 1.82) is 0 Å². The summed E-state index contributed by atoms with van der Waals surface area (Å²) in [4.78, 5) is 37.4. The molecule has 1 aliphatic heterocycles. The van der Waals surface area contributed by atoms with Crippen LogP contribution in [0.4, 0.5) is 10.1 Å². The van der Waals surface area contributed by atoms with Crippen LogP contribution in [0.3, 0.4) is 0 Å². The third-order valence-electron chi connectivity index (χ3n) is 3.87. The summed E-state index contributed by atoms with van der Waals surface area (Å²) in [5.41, 5.74) is -0.122. The van der Waals surface area contributed by atoms with Crippen LogP contribution in [0.5, 0.6) is 5.75 Å². The van der Waals surface area contributed by atoms with E-state index in [9.17, 15) is 29.0 Å². The Kier molecular flexibility index (Phi) is 5.95. The largest absolute Gasteiger partial charge is 0.508 e. The maximum Gasteiger partial charge on any atom is 0.337 e. The molecule has 3 rings (SSSR count). The first-order valence-corrected chi connectivity index (χ1v) is 9.35. The Balaban J connectivity index is 1.75. The Morgan fingerprint density at radius 3 is 2.66 bits per heavy atom. The highest BCUT2D eigenvalue weighted by molar-refractivity contribution is 8.26. The van der Waals surface area contributed by atoms with Crippen molar-refractivity contribution in [2.75, 3.05) is 11.9 Å². The summed E-state index contributed by atoms with van der Waals surface area (Å²) in [5.74, 6) is -3.33. The average Bonchev–Trinajstić information content (AvgIpc) is 2.92. The van der Waals surface area contributed by atoms with Gasteiger partial charge in [0.05, 0.1) is 16.2 Å². The van der Waals surface area contributed by atoms with Crippen LogP contribution in [0.25, 0.3) is 6.08 Å². The van der Waals surface area contributed by atoms with Crippen LogP contribution in [0.2, 0.25) is 0 Å². The van der Waals surface area contributed by atoms with E-state index >= 15 is 0 Å². The summed E-state index contributed by atoms with van der Waals surface area (Å²) in [6.07, 6.45) is 1.36. The topological polar surface area (TPSA) is 107 Å². The van der Waals surface area contributed by atoms with E-state index in [1.54, 1.807) is 6.07 Å². The van der Waals surface area contributed by atoms with Crippen molar-refractivity contribution in [2.24, 2.45) is 0 Å². The zero-order valence-electron chi connectivity index (χ0n) is 14.6. The molecule has 2 aromatic rings. The minimum Gasteiger partial charge on any atom is -0.508 e. The van der Waals surface area contributed by atoms with Crippen LogP contribution in [0.1, 0.15) is 15.9 Å². The quantitative estimate of drug-likeness (QED) is 0.379. The van der Waals surface area contributed by atoms with Crippen LogP contribution in [-0.2, 0) is 9.59 Å². The molecule has 1 heterocycles. The number of hydrogen-bond donors (Lipinski definition) is 3. The van der Waals surface area contributed by atoms with E-state index in [0.29, 0.717) is 0 Å².